The van der Waals surface area contributed by atoms with Crippen molar-refractivity contribution in [1.29, 1.82) is 0 Å². The van der Waals surface area contributed by atoms with E-state index >= 15 is 0 Å². The zero-order chi connectivity index (χ0) is 81.3. The van der Waals surface area contributed by atoms with Gasteiger partial charge in [0.15, 0.2) is 8.07 Å². The van der Waals surface area contributed by atoms with E-state index in [-0.39, 0.29) is 66.0 Å². The van der Waals surface area contributed by atoms with Gasteiger partial charge in [-0.15, -0.1) is 29.7 Å². The fourth-order valence-corrected chi connectivity index (χ4v) is 16.9. The van der Waals surface area contributed by atoms with Crippen molar-refractivity contribution in [2.24, 2.45) is 0 Å². The van der Waals surface area contributed by atoms with Gasteiger partial charge in [-0.05, 0) is 129 Å². The predicted octanol–water partition coefficient (Wildman–Crippen LogP) is 17.2. The number of hydrogen-bond donors (Lipinski definition) is 0. The molecule has 1 aliphatic carbocycles. The van der Waals surface area contributed by atoms with E-state index in [1.807, 2.05) is 114 Å². The van der Waals surface area contributed by atoms with Gasteiger partial charge in [-0.2, -0.15) is 18.2 Å². The molecule has 444 valence electrons. The van der Waals surface area contributed by atoms with Crippen molar-refractivity contribution >= 4 is 61.7 Å². The minimum atomic E-state index is -4.68. The fourth-order valence-electron chi connectivity index (χ4n) is 12.2. The van der Waals surface area contributed by atoms with Gasteiger partial charge >= 0.3 is 0 Å². The van der Waals surface area contributed by atoms with Gasteiger partial charge in [-0.3, -0.25) is 4.57 Å². The van der Waals surface area contributed by atoms with E-state index < -0.39 is 141 Å². The molecule has 5 nitrogen and oxygen atoms in total. The molecule has 89 heavy (non-hydrogen) atoms. The Labute approximate surface area is 574 Å². The Morgan fingerprint density at radius 3 is 1.83 bits per heavy atom. The molecule has 10 aromatic carbocycles. The number of fused-ring (bicyclic) bond motifs is 5. The number of nitrogens with zero attached hydrogens (tertiary/aromatic N) is 4. The third-order valence-corrected chi connectivity index (χ3v) is 21.3. The molecule has 0 N–H and O–H groups in total. The number of pyridine rings is 1. The SMILES string of the molecule is [2H]c1c([2H])c([2H])c(-c2cc(C(C)(C)C)cc(-c3c([2H])c([2H])c4c(c3[2H])C(C([2H])([2H])[2H])(C([2H])([2H])[2H])C([2H])([2H])C([2H])([2H])C4(C([2H])([2H])[2H])C([2H])([2H])[2H])c2-[n+]2[c-]n(-c3[c-]c(Oc4[c-]c5c(cc4)c4ccccc4n5-c4cc(C(C)(C)C)ccn4)ccc3)c3cc([Si](c4ccccc4)(c4ccccc4)c4ccccc4)ccc32)c([2H])c1[2H].[Pt]. The van der Waals surface area contributed by atoms with Gasteiger partial charge < -0.3 is 13.9 Å². The summed E-state index contributed by atoms with van der Waals surface area (Å²) >= 11 is 0. The smallest absolute Gasteiger partial charge is 0.268 e. The van der Waals surface area contributed by atoms with Gasteiger partial charge in [0, 0.05) is 66.2 Å². The number of hydrogen-bond acceptors (Lipinski definition) is 2. The molecule has 0 spiro atoms. The minimum absolute atomic E-state index is 0. The Hall–Kier alpha value is -8.67. The second kappa shape index (κ2) is 22.7. The van der Waals surface area contributed by atoms with Crippen molar-refractivity contribution < 1.29 is 63.3 Å². The maximum absolute atomic E-state index is 10.7. The molecule has 0 fully saturated rings. The number of aromatic nitrogens is 4. The van der Waals surface area contributed by atoms with Crippen LogP contribution in [-0.4, -0.2) is 22.2 Å². The second-order valence-corrected chi connectivity index (χ2v) is 28.1. The minimum Gasteiger partial charge on any atom is -0.510 e. The van der Waals surface area contributed by atoms with Gasteiger partial charge in [0.25, 0.3) is 6.33 Å². The van der Waals surface area contributed by atoms with Gasteiger partial charge in [-0.25, -0.2) is 4.98 Å². The number of benzene rings is 10. The quantitative estimate of drug-likeness (QED) is 0.0560. The van der Waals surface area contributed by atoms with Crippen LogP contribution in [0.15, 0.2) is 243 Å². The first kappa shape index (κ1) is 37.4. The van der Waals surface area contributed by atoms with Crippen LogP contribution in [0, 0.1) is 18.5 Å². The zero-order valence-electron chi connectivity index (χ0n) is 73.5. The maximum Gasteiger partial charge on any atom is 0.268 e. The molecule has 0 aliphatic heterocycles. The monoisotopic (exact) mass is 1380 g/mol. The molecule has 13 aromatic rings. The number of rotatable bonds is 11. The van der Waals surface area contributed by atoms with Crippen LogP contribution in [0.25, 0.3) is 72.3 Å². The van der Waals surface area contributed by atoms with E-state index in [9.17, 15) is 23.3 Å². The Bertz CT molecular complexity index is 5810. The van der Waals surface area contributed by atoms with E-state index in [0.717, 1.165) is 42.6 Å². The predicted molar refractivity (Wildman–Crippen MR) is 367 cm³/mol. The van der Waals surface area contributed by atoms with E-state index in [4.69, 9.17) is 19.3 Å². The summed E-state index contributed by atoms with van der Waals surface area (Å²) in [6.45, 7) is -6.03. The van der Waals surface area contributed by atoms with Crippen molar-refractivity contribution in [1.82, 2.24) is 14.1 Å². The molecule has 0 radical (unpaired) electrons. The molecular weight excluding hydrogens is 1280 g/mol. The molecule has 3 aromatic heterocycles. The van der Waals surface area contributed by atoms with Crippen LogP contribution in [0.2, 0.25) is 0 Å². The second-order valence-electron chi connectivity index (χ2n) is 24.3. The fraction of sp³-hybridized carbons (Fsp3) is 0.195. The summed E-state index contributed by atoms with van der Waals surface area (Å²) in [5, 5.41) is 5.41. The standard InChI is InChI=1S/C82H74N4OSi.Pt/c1-79(2,3)58-44-47-83-77(51-58)86-73-37-24-23-36-67(73)68-41-39-62(53-75(68)86)87-61-29-25-28-60(52-61)84-55-85(74-43-40-66(54-76(74)84)88(63-30-17-12-18-31-63,64-32-19-13-20-33-64)65-34-21-14-22-35-65)78-69(56-26-15-11-16-27-56)49-59(80(4,5)6)50-70(78)57-38-42-71-72(48-57)82(9,10)46-45-81(71,7)8;/h11-44,47-51,54H,45-46H2,1-10H3;/q-2;/i7D3,8D3,9D3,10D3,11D,15D,16D,26D,27D,38D,42D,45D2,46D2,48D;. The Kier molecular flexibility index (Phi) is 9.54. The molecule has 7 heteroatoms. The summed E-state index contributed by atoms with van der Waals surface area (Å²) < 4.78 is 239. The first-order valence-electron chi connectivity index (χ1n) is 41.0. The number of ether oxygens (including phenoxy) is 1. The van der Waals surface area contributed by atoms with Crippen LogP contribution in [0.1, 0.15) is 137 Å². The van der Waals surface area contributed by atoms with Crippen molar-refractivity contribution in [3.63, 3.8) is 0 Å². The third kappa shape index (κ3) is 10.5. The van der Waals surface area contributed by atoms with Crippen LogP contribution in [0.3, 0.4) is 0 Å². The molecule has 14 rings (SSSR count). The molecule has 0 bridgehead atoms. The van der Waals surface area contributed by atoms with Crippen LogP contribution < -0.4 is 30.1 Å². The van der Waals surface area contributed by atoms with Crippen molar-refractivity contribution in [3.05, 3.63) is 283 Å². The summed E-state index contributed by atoms with van der Waals surface area (Å²) in [5.41, 5.74) is -12.9. The van der Waals surface area contributed by atoms with Crippen LogP contribution in [0.4, 0.5) is 0 Å². The number of para-hydroxylation sites is 1. The summed E-state index contributed by atoms with van der Waals surface area (Å²) in [5.74, 6) is 1.06. The first-order chi connectivity index (χ1) is 52.2. The summed E-state index contributed by atoms with van der Waals surface area (Å²) in [4.78, 5) is 4.86. The van der Waals surface area contributed by atoms with Gasteiger partial charge in [0.2, 0.25) is 0 Å². The number of imidazole rings is 1. The molecule has 0 unspecified atom stereocenters. The van der Waals surface area contributed by atoms with Crippen molar-refractivity contribution in [2.45, 2.75) is 103 Å². The van der Waals surface area contributed by atoms with Crippen LogP contribution in [-0.2, 0) is 42.7 Å². The largest absolute Gasteiger partial charge is 0.510 e. The average Bonchev–Trinajstić information content (AvgIpc) is 0.995. The van der Waals surface area contributed by atoms with E-state index in [2.05, 4.69) is 75.6 Å². The third-order valence-electron chi connectivity index (χ3n) is 16.6. The first-order valence-corrected chi connectivity index (χ1v) is 31.0. The van der Waals surface area contributed by atoms with Gasteiger partial charge in [0.05, 0.1) is 27.7 Å². The molecule has 0 amide bonds. The molecule has 0 saturated heterocycles. The topological polar surface area (TPSA) is 35.9 Å². The molecule has 3 heterocycles. The summed E-state index contributed by atoms with van der Waals surface area (Å²) in [7, 11) is -3.57. The Balaban J connectivity index is 0.0000112. The molecule has 0 saturated carbocycles. The molecule has 1 aliphatic rings. The van der Waals surface area contributed by atoms with E-state index in [0.29, 0.717) is 16.9 Å². The van der Waals surface area contributed by atoms with E-state index in [1.165, 1.54) is 16.7 Å². The average molecular weight is 1380 g/mol. The van der Waals surface area contributed by atoms with Crippen LogP contribution in [0.5, 0.6) is 11.5 Å². The van der Waals surface area contributed by atoms with Gasteiger partial charge in [-0.1, -0.05) is 262 Å². The van der Waals surface area contributed by atoms with Gasteiger partial charge in [0.1, 0.15) is 5.82 Å². The normalized spacial score (nSPS) is 19.6. The Morgan fingerprint density at radius 2 is 1.18 bits per heavy atom. The molecule has 0 atom stereocenters. The molecular formula is C82H74N4OPtSi-2. The Morgan fingerprint density at radius 1 is 0.562 bits per heavy atom. The maximum atomic E-state index is 10.7. The zero-order valence-corrected chi connectivity index (χ0v) is 52.8. The van der Waals surface area contributed by atoms with Crippen molar-refractivity contribution in [2.75, 3.05) is 0 Å². The van der Waals surface area contributed by atoms with Crippen LogP contribution >= 0.6 is 0 Å². The van der Waals surface area contributed by atoms with Crippen molar-refractivity contribution in [3.8, 4) is 50.9 Å². The summed E-state index contributed by atoms with van der Waals surface area (Å²) in [6, 6.07) is 57.6. The van der Waals surface area contributed by atoms with E-state index in [1.54, 1.807) is 61.9 Å². The summed E-state index contributed by atoms with van der Waals surface area (Å²) in [6.07, 6.45) is -4.05.